The number of nitrogens with one attached hydrogen (secondary N) is 3. The van der Waals surface area contributed by atoms with Crippen LogP contribution in [0.3, 0.4) is 0 Å². The summed E-state index contributed by atoms with van der Waals surface area (Å²) < 4.78 is 10.9. The Hall–Kier alpha value is -2.20. The van der Waals surface area contributed by atoms with Gasteiger partial charge in [-0.2, -0.15) is 0 Å². The highest BCUT2D eigenvalue weighted by molar-refractivity contribution is 5.96. The third-order valence-corrected chi connectivity index (χ3v) is 6.76. The fourth-order valence-corrected chi connectivity index (χ4v) is 3.87. The number of carbonyl (C=O) groups is 2. The molecule has 212 valence electrons. The summed E-state index contributed by atoms with van der Waals surface area (Å²) in [6.45, 7) is 10.3. The number of hydrogen-bond acceptors (Lipinski definition) is 7. The van der Waals surface area contributed by atoms with Crippen LogP contribution in [0.4, 0.5) is 0 Å². The number of benzene rings is 1. The van der Waals surface area contributed by atoms with E-state index in [1.807, 2.05) is 33.0 Å². The number of carbonyl (C=O) groups excluding carboxylic acids is 2. The van der Waals surface area contributed by atoms with Gasteiger partial charge in [-0.15, -0.1) is 0 Å². The lowest BCUT2D eigenvalue weighted by Crippen LogP contribution is -2.48. The zero-order valence-corrected chi connectivity index (χ0v) is 23.6. The Morgan fingerprint density at radius 2 is 1.76 bits per heavy atom. The number of ether oxygens (including phenoxy) is 2. The molecule has 9 heteroatoms. The standard InChI is InChI=1S/C28H50N4O5/c1-20(2)21(17-23(29)24(33)19-32-27(35)28(3,4)13-14-30-5)18-31-26(34)22-11-7-8-12-25(22)37-16-10-9-15-36-6/h7-8,11-12,20-21,23-24,30,33H,9-10,13-19,29H2,1-6H3,(H,31,34)(H,32,35)/t21-,23+,24+/m1/s1. The van der Waals surface area contributed by atoms with Gasteiger partial charge in [0.2, 0.25) is 5.91 Å². The predicted octanol–water partition coefficient (Wildman–Crippen LogP) is 2.32. The lowest BCUT2D eigenvalue weighted by molar-refractivity contribution is -0.130. The minimum Gasteiger partial charge on any atom is -0.493 e. The first-order chi connectivity index (χ1) is 17.5. The number of unbranched alkanes of at least 4 members (excludes halogenated alkanes) is 1. The summed E-state index contributed by atoms with van der Waals surface area (Å²) in [5.74, 6) is 0.531. The maximum Gasteiger partial charge on any atom is 0.255 e. The topological polar surface area (TPSA) is 135 Å². The molecule has 1 aromatic carbocycles. The van der Waals surface area contributed by atoms with Gasteiger partial charge >= 0.3 is 0 Å². The number of aliphatic hydroxyl groups excluding tert-OH is 1. The van der Waals surface area contributed by atoms with E-state index < -0.39 is 17.6 Å². The second-order valence-electron chi connectivity index (χ2n) is 10.7. The maximum absolute atomic E-state index is 13.0. The predicted molar refractivity (Wildman–Crippen MR) is 148 cm³/mol. The van der Waals surface area contributed by atoms with Gasteiger partial charge in [0.1, 0.15) is 5.75 Å². The van der Waals surface area contributed by atoms with Gasteiger partial charge < -0.3 is 36.3 Å². The molecule has 9 nitrogen and oxygen atoms in total. The van der Waals surface area contributed by atoms with Crippen molar-refractivity contribution in [2.75, 3.05) is 47.0 Å². The second kappa shape index (κ2) is 17.3. The number of hydrogen-bond donors (Lipinski definition) is 5. The van der Waals surface area contributed by atoms with Crippen LogP contribution in [0.25, 0.3) is 0 Å². The molecule has 0 radical (unpaired) electrons. The van der Waals surface area contributed by atoms with Crippen LogP contribution in [-0.2, 0) is 9.53 Å². The van der Waals surface area contributed by atoms with Crippen molar-refractivity contribution >= 4 is 11.8 Å². The molecular formula is C28H50N4O5. The zero-order valence-electron chi connectivity index (χ0n) is 23.6. The van der Waals surface area contributed by atoms with Gasteiger partial charge in [-0.3, -0.25) is 9.59 Å². The summed E-state index contributed by atoms with van der Waals surface area (Å²) in [5, 5.41) is 19.5. The van der Waals surface area contributed by atoms with E-state index in [9.17, 15) is 14.7 Å². The molecule has 1 aromatic rings. The molecule has 0 fully saturated rings. The largest absolute Gasteiger partial charge is 0.493 e. The number of para-hydroxylation sites is 1. The monoisotopic (exact) mass is 522 g/mol. The summed E-state index contributed by atoms with van der Waals surface area (Å²) in [5.41, 5.74) is 6.26. The van der Waals surface area contributed by atoms with E-state index in [-0.39, 0.29) is 30.2 Å². The van der Waals surface area contributed by atoms with Gasteiger partial charge in [0.05, 0.1) is 18.3 Å². The number of rotatable bonds is 19. The summed E-state index contributed by atoms with van der Waals surface area (Å²) in [4.78, 5) is 25.5. The van der Waals surface area contributed by atoms with Crippen molar-refractivity contribution in [3.8, 4) is 5.75 Å². The van der Waals surface area contributed by atoms with Crippen LogP contribution in [0, 0.1) is 17.3 Å². The lowest BCUT2D eigenvalue weighted by atomic mass is 9.87. The quantitative estimate of drug-likeness (QED) is 0.176. The molecule has 0 bridgehead atoms. The van der Waals surface area contributed by atoms with E-state index >= 15 is 0 Å². The zero-order chi connectivity index (χ0) is 27.8. The molecule has 6 N–H and O–H groups in total. The van der Waals surface area contributed by atoms with Crippen molar-refractivity contribution in [2.24, 2.45) is 23.0 Å². The average molecular weight is 523 g/mol. The Bertz CT molecular complexity index is 803. The summed E-state index contributed by atoms with van der Waals surface area (Å²) in [6, 6.07) is 6.67. The number of nitrogens with two attached hydrogens (primary N) is 1. The van der Waals surface area contributed by atoms with Crippen LogP contribution in [-0.4, -0.2) is 76.1 Å². The minimum atomic E-state index is -0.881. The summed E-state index contributed by atoms with van der Waals surface area (Å²) in [6.07, 6.45) is 2.05. The van der Waals surface area contributed by atoms with Gasteiger partial charge in [0, 0.05) is 38.3 Å². The SMILES string of the molecule is CNCCC(C)(C)C(=O)NC[C@H](O)[C@@H](N)C[C@H](CNC(=O)c1ccccc1OCCCCOC)C(C)C. The van der Waals surface area contributed by atoms with Gasteiger partial charge in [-0.1, -0.05) is 39.8 Å². The van der Waals surface area contributed by atoms with Gasteiger partial charge in [-0.05, 0) is 63.2 Å². The van der Waals surface area contributed by atoms with Crippen molar-refractivity contribution in [1.29, 1.82) is 0 Å². The van der Waals surface area contributed by atoms with Crippen LogP contribution >= 0.6 is 0 Å². The highest BCUT2D eigenvalue weighted by Crippen LogP contribution is 2.22. The highest BCUT2D eigenvalue weighted by atomic mass is 16.5. The molecule has 0 saturated carbocycles. The molecular weight excluding hydrogens is 472 g/mol. The highest BCUT2D eigenvalue weighted by Gasteiger charge is 2.29. The Morgan fingerprint density at radius 3 is 2.41 bits per heavy atom. The smallest absolute Gasteiger partial charge is 0.255 e. The fourth-order valence-electron chi connectivity index (χ4n) is 3.87. The van der Waals surface area contributed by atoms with Crippen LogP contribution in [0.5, 0.6) is 5.75 Å². The van der Waals surface area contributed by atoms with Crippen LogP contribution in [0.2, 0.25) is 0 Å². The van der Waals surface area contributed by atoms with E-state index in [1.54, 1.807) is 19.2 Å². The number of amides is 2. The molecule has 0 aliphatic heterocycles. The Labute approximate surface area is 223 Å². The van der Waals surface area contributed by atoms with Crippen LogP contribution in [0.1, 0.15) is 63.7 Å². The molecule has 3 atom stereocenters. The Morgan fingerprint density at radius 1 is 1.08 bits per heavy atom. The number of methoxy groups -OCH3 is 1. The van der Waals surface area contributed by atoms with E-state index in [1.165, 1.54) is 0 Å². The first-order valence-corrected chi connectivity index (χ1v) is 13.4. The fraction of sp³-hybridized carbons (Fsp3) is 0.714. The molecule has 1 rings (SSSR count). The van der Waals surface area contributed by atoms with Crippen molar-refractivity contribution in [1.82, 2.24) is 16.0 Å². The van der Waals surface area contributed by atoms with Gasteiger partial charge in [-0.25, -0.2) is 0 Å². The molecule has 0 spiro atoms. The van der Waals surface area contributed by atoms with Crippen molar-refractivity contribution in [2.45, 2.75) is 65.5 Å². The molecule has 0 saturated heterocycles. The molecule has 2 amide bonds. The minimum absolute atomic E-state index is 0.0542. The van der Waals surface area contributed by atoms with E-state index in [2.05, 4.69) is 29.8 Å². The number of aliphatic hydroxyl groups is 1. The molecule has 37 heavy (non-hydrogen) atoms. The summed E-state index contributed by atoms with van der Waals surface area (Å²) >= 11 is 0. The van der Waals surface area contributed by atoms with E-state index in [4.69, 9.17) is 15.2 Å². The van der Waals surface area contributed by atoms with Gasteiger partial charge in [0.15, 0.2) is 0 Å². The van der Waals surface area contributed by atoms with Crippen LogP contribution < -0.4 is 26.4 Å². The second-order valence-corrected chi connectivity index (χ2v) is 10.7. The molecule has 0 heterocycles. The molecule has 0 aromatic heterocycles. The Kier molecular flexibility index (Phi) is 15.4. The maximum atomic E-state index is 13.0. The third kappa shape index (κ3) is 12.3. The van der Waals surface area contributed by atoms with Crippen molar-refractivity contribution < 1.29 is 24.2 Å². The summed E-state index contributed by atoms with van der Waals surface area (Å²) in [7, 11) is 3.52. The van der Waals surface area contributed by atoms with E-state index in [0.717, 1.165) is 19.4 Å². The first-order valence-electron chi connectivity index (χ1n) is 13.4. The van der Waals surface area contributed by atoms with Gasteiger partial charge in [0.25, 0.3) is 5.91 Å². The lowest BCUT2D eigenvalue weighted by Gasteiger charge is -2.29. The average Bonchev–Trinajstić information content (AvgIpc) is 2.87. The van der Waals surface area contributed by atoms with Crippen molar-refractivity contribution in [3.05, 3.63) is 29.8 Å². The molecule has 0 aliphatic rings. The van der Waals surface area contributed by atoms with Crippen molar-refractivity contribution in [3.63, 3.8) is 0 Å². The molecule has 0 unspecified atom stereocenters. The third-order valence-electron chi connectivity index (χ3n) is 6.76. The molecule has 0 aliphatic carbocycles. The van der Waals surface area contributed by atoms with E-state index in [0.29, 0.717) is 43.9 Å². The Balaban J connectivity index is 2.62. The first kappa shape index (κ1) is 32.8. The normalized spacial score (nSPS) is 14.2. The van der Waals surface area contributed by atoms with Crippen LogP contribution in [0.15, 0.2) is 24.3 Å².